The quantitative estimate of drug-likeness (QED) is 0.579. The molecule has 6 atom stereocenters. The normalized spacial score (nSPS) is 50.0. The molecule has 4 rings (SSSR count). The van der Waals surface area contributed by atoms with E-state index < -0.39 is 0 Å². The highest BCUT2D eigenvalue weighted by Gasteiger charge is 2.57. The molecule has 0 aromatic heterocycles. The third-order valence-electron chi connectivity index (χ3n) is 8.50. The van der Waals surface area contributed by atoms with Gasteiger partial charge in [0.1, 0.15) is 0 Å². The maximum Gasteiger partial charge on any atom is 0.0319 e. The highest BCUT2D eigenvalue weighted by molar-refractivity contribution is 5.23. The lowest BCUT2D eigenvalue weighted by Gasteiger charge is -2.58. The van der Waals surface area contributed by atoms with Crippen molar-refractivity contribution in [2.75, 3.05) is 7.11 Å². The number of rotatable bonds is 0. The highest BCUT2D eigenvalue weighted by atomic mass is 16.2. The van der Waals surface area contributed by atoms with E-state index in [1.807, 2.05) is 5.57 Å². The van der Waals surface area contributed by atoms with E-state index in [-0.39, 0.29) is 0 Å². The molecule has 0 saturated heterocycles. The van der Waals surface area contributed by atoms with Crippen LogP contribution in [0.15, 0.2) is 11.6 Å². The van der Waals surface area contributed by atoms with Crippen LogP contribution in [-0.2, 0) is 0 Å². The summed E-state index contributed by atoms with van der Waals surface area (Å²) in [7, 11) is 1.00. The van der Waals surface area contributed by atoms with Crippen molar-refractivity contribution in [3.63, 3.8) is 0 Å². The first-order valence-corrected chi connectivity index (χ1v) is 9.70. The fourth-order valence-corrected chi connectivity index (χ4v) is 7.02. The first kappa shape index (κ1) is 16.6. The van der Waals surface area contributed by atoms with Crippen molar-refractivity contribution in [3.05, 3.63) is 11.6 Å². The van der Waals surface area contributed by atoms with E-state index in [1.165, 1.54) is 57.8 Å². The molecule has 0 bridgehead atoms. The first-order chi connectivity index (χ1) is 10.6. The largest absolute Gasteiger partial charge is 0.400 e. The zero-order chi connectivity index (χ0) is 16.0. The Hall–Kier alpha value is -0.300. The van der Waals surface area contributed by atoms with Crippen molar-refractivity contribution in [1.82, 2.24) is 0 Å². The van der Waals surface area contributed by atoms with E-state index in [1.54, 1.807) is 0 Å². The monoisotopic (exact) mass is 304 g/mol. The van der Waals surface area contributed by atoms with Gasteiger partial charge in [-0.1, -0.05) is 32.4 Å². The minimum atomic E-state index is 0.592. The Balaban J connectivity index is 0.000000693. The van der Waals surface area contributed by atoms with E-state index >= 15 is 0 Å². The Labute approximate surface area is 137 Å². The van der Waals surface area contributed by atoms with Crippen molar-refractivity contribution in [1.29, 1.82) is 0 Å². The maximum atomic E-state index is 7.00. The summed E-state index contributed by atoms with van der Waals surface area (Å²) in [6, 6.07) is 0. The second-order valence-electron chi connectivity index (χ2n) is 8.98. The molecular weight excluding hydrogens is 268 g/mol. The molecular formula is C21H36O. The summed E-state index contributed by atoms with van der Waals surface area (Å²) >= 11 is 0. The van der Waals surface area contributed by atoms with Gasteiger partial charge >= 0.3 is 0 Å². The van der Waals surface area contributed by atoms with Crippen LogP contribution in [-0.4, -0.2) is 12.2 Å². The predicted molar refractivity (Wildman–Crippen MR) is 93.6 cm³/mol. The molecule has 4 aliphatic rings. The Morgan fingerprint density at radius 1 is 1.00 bits per heavy atom. The van der Waals surface area contributed by atoms with Gasteiger partial charge in [-0.3, -0.25) is 0 Å². The summed E-state index contributed by atoms with van der Waals surface area (Å²) in [6.07, 6.45) is 15.9. The lowest BCUT2D eigenvalue weighted by atomic mass is 9.47. The fourth-order valence-electron chi connectivity index (χ4n) is 7.02. The van der Waals surface area contributed by atoms with Crippen LogP contribution in [0.2, 0.25) is 0 Å². The van der Waals surface area contributed by atoms with Crippen LogP contribution in [0.3, 0.4) is 0 Å². The third kappa shape index (κ3) is 2.22. The number of fused-ring (bicyclic) bond motifs is 5. The van der Waals surface area contributed by atoms with Crippen LogP contribution >= 0.6 is 0 Å². The highest BCUT2D eigenvalue weighted by Crippen LogP contribution is 2.66. The molecule has 126 valence electrons. The van der Waals surface area contributed by atoms with Crippen LogP contribution in [0.5, 0.6) is 0 Å². The van der Waals surface area contributed by atoms with Crippen molar-refractivity contribution < 1.29 is 5.11 Å². The van der Waals surface area contributed by atoms with Gasteiger partial charge in [0.25, 0.3) is 0 Å². The lowest BCUT2D eigenvalue weighted by molar-refractivity contribution is -0.0486. The van der Waals surface area contributed by atoms with Gasteiger partial charge < -0.3 is 5.11 Å². The first-order valence-electron chi connectivity index (χ1n) is 9.70. The number of hydrogen-bond acceptors (Lipinski definition) is 1. The topological polar surface area (TPSA) is 20.2 Å². The fraction of sp³-hybridized carbons (Fsp3) is 0.905. The van der Waals surface area contributed by atoms with Crippen LogP contribution in [0, 0.1) is 34.5 Å². The van der Waals surface area contributed by atoms with Gasteiger partial charge in [0.05, 0.1) is 0 Å². The zero-order valence-corrected chi connectivity index (χ0v) is 15.2. The molecule has 0 aromatic rings. The van der Waals surface area contributed by atoms with Crippen LogP contribution in [0.4, 0.5) is 0 Å². The molecule has 0 aromatic carbocycles. The molecule has 0 spiro atoms. The summed E-state index contributed by atoms with van der Waals surface area (Å²) in [5, 5.41) is 7.00. The molecule has 1 N–H and O–H groups in total. The van der Waals surface area contributed by atoms with Gasteiger partial charge in [-0.15, -0.1) is 0 Å². The standard InChI is InChI=1S/C20H32.CH4O/c1-14-7-10-17-16-9-8-15-6-4-5-12-20(15,3)18(16)11-13-19(14,17)2;1-2/h6,14,16-18H,4-5,7-13H2,1-3H3;2H,1H3/t14?,16?,17-,18?,19?,20?;/m0./s1. The molecule has 5 unspecified atom stereocenters. The van der Waals surface area contributed by atoms with E-state index in [0.717, 1.165) is 30.8 Å². The number of aliphatic hydroxyl groups is 1. The van der Waals surface area contributed by atoms with Crippen LogP contribution in [0.25, 0.3) is 0 Å². The minimum absolute atomic E-state index is 0.592. The Morgan fingerprint density at radius 2 is 1.77 bits per heavy atom. The molecule has 22 heavy (non-hydrogen) atoms. The van der Waals surface area contributed by atoms with Crippen LogP contribution < -0.4 is 0 Å². The summed E-state index contributed by atoms with van der Waals surface area (Å²) in [4.78, 5) is 0. The van der Waals surface area contributed by atoms with Crippen LogP contribution in [0.1, 0.15) is 78.6 Å². The summed E-state index contributed by atoms with van der Waals surface area (Å²) in [6.45, 7) is 7.81. The molecule has 0 aliphatic heterocycles. The molecule has 0 radical (unpaired) electrons. The molecule has 1 heteroatoms. The lowest BCUT2D eigenvalue weighted by Crippen LogP contribution is -2.49. The number of aliphatic hydroxyl groups excluding tert-OH is 1. The van der Waals surface area contributed by atoms with Gasteiger partial charge in [0, 0.05) is 7.11 Å². The minimum Gasteiger partial charge on any atom is -0.400 e. The molecule has 4 aliphatic carbocycles. The van der Waals surface area contributed by atoms with E-state index in [9.17, 15) is 0 Å². The molecule has 1 nitrogen and oxygen atoms in total. The summed E-state index contributed by atoms with van der Waals surface area (Å²) in [5.41, 5.74) is 3.14. The van der Waals surface area contributed by atoms with Gasteiger partial charge in [0.15, 0.2) is 0 Å². The summed E-state index contributed by atoms with van der Waals surface area (Å²) in [5.74, 6) is 4.10. The third-order valence-corrected chi connectivity index (χ3v) is 8.50. The van der Waals surface area contributed by atoms with Crippen molar-refractivity contribution >= 4 is 0 Å². The second-order valence-corrected chi connectivity index (χ2v) is 8.98. The average molecular weight is 305 g/mol. The van der Waals surface area contributed by atoms with Crippen molar-refractivity contribution in [2.24, 2.45) is 34.5 Å². The molecule has 0 amide bonds. The summed E-state index contributed by atoms with van der Waals surface area (Å²) < 4.78 is 0. The van der Waals surface area contributed by atoms with Gasteiger partial charge in [-0.2, -0.15) is 0 Å². The van der Waals surface area contributed by atoms with Gasteiger partial charge in [-0.05, 0) is 92.3 Å². The van der Waals surface area contributed by atoms with Crippen molar-refractivity contribution in [2.45, 2.75) is 78.6 Å². The number of allylic oxidation sites excluding steroid dienone is 2. The van der Waals surface area contributed by atoms with Gasteiger partial charge in [0.2, 0.25) is 0 Å². The zero-order valence-electron chi connectivity index (χ0n) is 15.2. The Kier molecular flexibility index (Phi) is 4.49. The SMILES string of the molecule is CC1CC[C@H]2C3CCC4=CCCCC4(C)C3CCC12C.CO. The number of hydrogen-bond donors (Lipinski definition) is 1. The molecule has 3 fully saturated rings. The smallest absolute Gasteiger partial charge is 0.0319 e. The van der Waals surface area contributed by atoms with E-state index in [4.69, 9.17) is 5.11 Å². The second kappa shape index (κ2) is 5.96. The van der Waals surface area contributed by atoms with E-state index in [0.29, 0.717) is 10.8 Å². The van der Waals surface area contributed by atoms with E-state index in [2.05, 4.69) is 26.8 Å². The average Bonchev–Trinajstić information content (AvgIpc) is 2.84. The Morgan fingerprint density at radius 3 is 2.55 bits per heavy atom. The van der Waals surface area contributed by atoms with Gasteiger partial charge in [-0.25, -0.2) is 0 Å². The predicted octanol–water partition coefficient (Wildman–Crippen LogP) is 5.58. The molecule has 0 heterocycles. The molecule has 3 saturated carbocycles. The maximum absolute atomic E-state index is 7.00. The Bertz CT molecular complexity index is 439. The van der Waals surface area contributed by atoms with Crippen molar-refractivity contribution in [3.8, 4) is 0 Å².